The van der Waals surface area contributed by atoms with Crippen LogP contribution in [0.4, 0.5) is 4.79 Å². The van der Waals surface area contributed by atoms with Crippen molar-refractivity contribution in [1.29, 1.82) is 0 Å². The first-order valence-electron chi connectivity index (χ1n) is 6.86. The molecule has 3 amide bonds. The monoisotopic (exact) mass is 256 g/mol. The smallest absolute Gasteiger partial charge is 0.321 e. The molecule has 5 nitrogen and oxygen atoms in total. The molecule has 1 saturated heterocycles. The Morgan fingerprint density at radius 2 is 1.72 bits per heavy atom. The van der Waals surface area contributed by atoms with Gasteiger partial charge in [-0.15, -0.1) is 0 Å². The van der Waals surface area contributed by atoms with Gasteiger partial charge < -0.3 is 10.2 Å². The Hall–Kier alpha value is -1.10. The van der Waals surface area contributed by atoms with Crippen LogP contribution in [-0.2, 0) is 4.79 Å². The summed E-state index contributed by atoms with van der Waals surface area (Å²) < 4.78 is 0. The fraction of sp³-hybridized carbons (Fsp3) is 0.846. The van der Waals surface area contributed by atoms with Gasteiger partial charge in [0.2, 0.25) is 0 Å². The van der Waals surface area contributed by atoms with Crippen molar-refractivity contribution in [1.82, 2.24) is 10.6 Å². The molecule has 1 fully saturated rings. The summed E-state index contributed by atoms with van der Waals surface area (Å²) in [6.45, 7) is 9.90. The maximum atomic E-state index is 11.9. The zero-order chi connectivity index (χ0) is 13.7. The van der Waals surface area contributed by atoms with E-state index in [0.717, 1.165) is 31.8 Å². The molecule has 1 heterocycles. The van der Waals surface area contributed by atoms with Crippen molar-refractivity contribution >= 4 is 11.9 Å². The number of carbonyl (C=O) groups excluding carboxylic acids is 2. The number of amides is 3. The Bertz CT molecular complexity index is 297. The van der Waals surface area contributed by atoms with Crippen LogP contribution < -0.4 is 15.5 Å². The van der Waals surface area contributed by atoms with Crippen molar-refractivity contribution in [3.63, 3.8) is 0 Å². The van der Waals surface area contributed by atoms with Crippen LogP contribution in [0, 0.1) is 5.92 Å². The summed E-state index contributed by atoms with van der Waals surface area (Å²) in [6, 6.07) is -0.515. The lowest BCUT2D eigenvalue weighted by Gasteiger charge is -2.31. The largest absolute Gasteiger partial charge is 0.336 e. The minimum Gasteiger partial charge on any atom is -0.336 e. The Labute approximate surface area is 109 Å². The molecule has 0 spiro atoms. The highest BCUT2D eigenvalue weighted by Crippen LogP contribution is 2.07. The van der Waals surface area contributed by atoms with Crippen LogP contribution in [0.5, 0.6) is 0 Å². The van der Waals surface area contributed by atoms with Gasteiger partial charge in [0.15, 0.2) is 6.04 Å². The molecule has 0 bridgehead atoms. The Kier molecular flexibility index (Phi) is 5.59. The van der Waals surface area contributed by atoms with Crippen molar-refractivity contribution in [2.45, 2.75) is 52.6 Å². The second kappa shape index (κ2) is 6.73. The fourth-order valence-corrected chi connectivity index (χ4v) is 2.27. The number of quaternary nitrogens is 1. The van der Waals surface area contributed by atoms with E-state index in [4.69, 9.17) is 0 Å². The number of hydrogen-bond acceptors (Lipinski definition) is 2. The van der Waals surface area contributed by atoms with E-state index in [1.807, 2.05) is 20.8 Å². The molecule has 0 aromatic heterocycles. The van der Waals surface area contributed by atoms with E-state index < -0.39 is 6.03 Å². The van der Waals surface area contributed by atoms with E-state index in [1.54, 1.807) is 0 Å². The summed E-state index contributed by atoms with van der Waals surface area (Å²) in [5, 5.41) is 5.07. The minimum atomic E-state index is -0.397. The van der Waals surface area contributed by atoms with Crippen LogP contribution in [-0.4, -0.2) is 37.1 Å². The highest BCUT2D eigenvalue weighted by atomic mass is 16.2. The first-order valence-corrected chi connectivity index (χ1v) is 6.86. The Morgan fingerprint density at radius 3 is 2.22 bits per heavy atom. The first kappa shape index (κ1) is 15.0. The van der Waals surface area contributed by atoms with E-state index >= 15 is 0 Å². The molecule has 0 unspecified atom stereocenters. The molecule has 0 radical (unpaired) electrons. The second-order valence-corrected chi connectivity index (χ2v) is 5.68. The zero-order valence-corrected chi connectivity index (χ0v) is 11.9. The second-order valence-electron chi connectivity index (χ2n) is 5.68. The van der Waals surface area contributed by atoms with Crippen LogP contribution in [0.2, 0.25) is 0 Å². The predicted molar refractivity (Wildman–Crippen MR) is 70.4 cm³/mol. The van der Waals surface area contributed by atoms with E-state index in [0.29, 0.717) is 0 Å². The predicted octanol–water partition coefficient (Wildman–Crippen LogP) is -0.0761. The molecule has 1 rings (SSSR count). The average molecular weight is 256 g/mol. The number of piperidine rings is 1. The van der Waals surface area contributed by atoms with Gasteiger partial charge in [-0.3, -0.25) is 10.1 Å². The number of hydrogen-bond donors (Lipinski definition) is 3. The van der Waals surface area contributed by atoms with Gasteiger partial charge in [0, 0.05) is 6.04 Å². The molecule has 0 saturated carbocycles. The molecule has 1 aliphatic rings. The number of imide groups is 1. The van der Waals surface area contributed by atoms with Crippen molar-refractivity contribution in [2.24, 2.45) is 5.92 Å². The third kappa shape index (κ3) is 4.64. The highest BCUT2D eigenvalue weighted by molar-refractivity contribution is 5.96. The van der Waals surface area contributed by atoms with E-state index in [-0.39, 0.29) is 18.0 Å². The number of carbonyl (C=O) groups is 2. The molecule has 104 valence electrons. The van der Waals surface area contributed by atoms with E-state index in [1.165, 1.54) is 4.90 Å². The summed E-state index contributed by atoms with van der Waals surface area (Å²) in [5.74, 6) is 0.575. The summed E-state index contributed by atoms with van der Waals surface area (Å²) in [5.41, 5.74) is 0. The molecule has 1 aliphatic heterocycles. The molecule has 5 heteroatoms. The lowest BCUT2D eigenvalue weighted by molar-refractivity contribution is -0.920. The van der Waals surface area contributed by atoms with Gasteiger partial charge in [0.05, 0.1) is 13.1 Å². The molecule has 0 aromatic rings. The van der Waals surface area contributed by atoms with Crippen LogP contribution in [0.3, 0.4) is 0 Å². The quantitative estimate of drug-likeness (QED) is 0.661. The Morgan fingerprint density at radius 1 is 1.17 bits per heavy atom. The maximum absolute atomic E-state index is 11.9. The normalized spacial score (nSPS) is 25.6. The summed E-state index contributed by atoms with van der Waals surface area (Å²) in [4.78, 5) is 24.7. The van der Waals surface area contributed by atoms with Crippen LogP contribution >= 0.6 is 0 Å². The Balaban J connectivity index is 2.39. The summed E-state index contributed by atoms with van der Waals surface area (Å²) >= 11 is 0. The molecule has 0 aliphatic carbocycles. The van der Waals surface area contributed by atoms with Gasteiger partial charge in [-0.1, -0.05) is 6.92 Å². The van der Waals surface area contributed by atoms with Gasteiger partial charge in [-0.2, -0.15) is 0 Å². The van der Waals surface area contributed by atoms with E-state index in [9.17, 15) is 9.59 Å². The molecule has 3 N–H and O–H groups in total. The number of urea groups is 1. The molecule has 1 atom stereocenters. The third-order valence-corrected chi connectivity index (χ3v) is 3.58. The lowest BCUT2D eigenvalue weighted by Crippen LogP contribution is -3.17. The van der Waals surface area contributed by atoms with Gasteiger partial charge in [0.25, 0.3) is 5.91 Å². The third-order valence-electron chi connectivity index (χ3n) is 3.58. The van der Waals surface area contributed by atoms with Gasteiger partial charge >= 0.3 is 6.03 Å². The summed E-state index contributed by atoms with van der Waals surface area (Å²) in [6.07, 6.45) is 2.32. The molecular formula is C13H26N3O2+. The van der Waals surface area contributed by atoms with Crippen LogP contribution in [0.25, 0.3) is 0 Å². The number of nitrogens with one attached hydrogen (secondary N) is 3. The minimum absolute atomic E-state index is 0.0382. The zero-order valence-electron chi connectivity index (χ0n) is 11.9. The van der Waals surface area contributed by atoms with Crippen molar-refractivity contribution < 1.29 is 14.5 Å². The van der Waals surface area contributed by atoms with Crippen molar-refractivity contribution in [3.05, 3.63) is 0 Å². The van der Waals surface area contributed by atoms with Gasteiger partial charge in [0.1, 0.15) is 0 Å². The molecule has 18 heavy (non-hydrogen) atoms. The standard InChI is InChI=1S/C13H25N3O2/c1-9(2)14-13(18)15-12(17)11(4)16-7-5-10(3)6-8-16/h9-11H,5-8H2,1-4H3,(H2,14,15,17,18)/p+1/t11-/m0/s1. The van der Waals surface area contributed by atoms with Crippen molar-refractivity contribution in [3.8, 4) is 0 Å². The highest BCUT2D eigenvalue weighted by Gasteiger charge is 2.29. The topological polar surface area (TPSA) is 62.6 Å². The maximum Gasteiger partial charge on any atom is 0.321 e. The first-order chi connectivity index (χ1) is 8.40. The number of rotatable bonds is 3. The van der Waals surface area contributed by atoms with Gasteiger partial charge in [-0.05, 0) is 39.5 Å². The lowest BCUT2D eigenvalue weighted by atomic mass is 9.98. The SMILES string of the molecule is CC1CC[NH+]([C@@H](C)C(=O)NC(=O)NC(C)C)CC1. The fourth-order valence-electron chi connectivity index (χ4n) is 2.27. The van der Waals surface area contributed by atoms with Crippen LogP contribution in [0.15, 0.2) is 0 Å². The summed E-state index contributed by atoms with van der Waals surface area (Å²) in [7, 11) is 0. The molecule has 0 aromatic carbocycles. The molecular weight excluding hydrogens is 230 g/mol. The van der Waals surface area contributed by atoms with Crippen molar-refractivity contribution in [2.75, 3.05) is 13.1 Å². The number of likely N-dealkylation sites (tertiary alicyclic amines) is 1. The van der Waals surface area contributed by atoms with E-state index in [2.05, 4.69) is 17.6 Å². The van der Waals surface area contributed by atoms with Gasteiger partial charge in [-0.25, -0.2) is 4.79 Å². The van der Waals surface area contributed by atoms with Crippen LogP contribution in [0.1, 0.15) is 40.5 Å². The average Bonchev–Trinajstić information content (AvgIpc) is 2.27.